The molecule has 0 aromatic carbocycles. The lowest BCUT2D eigenvalue weighted by atomic mass is 9.88. The fourth-order valence-corrected chi connectivity index (χ4v) is 5.17. The second-order valence-corrected chi connectivity index (χ2v) is 11.9. The predicted molar refractivity (Wildman–Crippen MR) is 154 cm³/mol. The van der Waals surface area contributed by atoms with E-state index in [4.69, 9.17) is 9.47 Å². The lowest BCUT2D eigenvalue weighted by molar-refractivity contribution is -0.149. The van der Waals surface area contributed by atoms with Crippen molar-refractivity contribution in [3.8, 4) is 0 Å². The number of Topliss-reactive ketones (excluding diaryl/α,β-unsaturated/α-hetero) is 1. The zero-order valence-corrected chi connectivity index (χ0v) is 24.8. The van der Waals surface area contributed by atoms with Crippen molar-refractivity contribution in [1.29, 1.82) is 0 Å². The summed E-state index contributed by atoms with van der Waals surface area (Å²) < 4.78 is 11.2. The number of hydrogen-bond donors (Lipinski definition) is 4. The van der Waals surface area contributed by atoms with Crippen LogP contribution in [0.5, 0.6) is 0 Å². The molecule has 2 unspecified atom stereocenters. The molecule has 0 aliphatic carbocycles. The third-order valence-electron chi connectivity index (χ3n) is 7.92. The van der Waals surface area contributed by atoms with Gasteiger partial charge in [-0.1, -0.05) is 62.8 Å². The smallest absolute Gasteiger partial charge is 0.333 e. The van der Waals surface area contributed by atoms with E-state index in [0.717, 1.165) is 30.4 Å². The monoisotopic (exact) mass is 562 g/mol. The number of esters is 1. The number of hydrogen-bond acceptors (Lipinski definition) is 8. The van der Waals surface area contributed by atoms with Gasteiger partial charge in [-0.25, -0.2) is 4.79 Å². The molecule has 1 fully saturated rings. The summed E-state index contributed by atoms with van der Waals surface area (Å²) in [4.78, 5) is 25.1. The maximum atomic E-state index is 12.6. The van der Waals surface area contributed by atoms with Gasteiger partial charge in [0.1, 0.15) is 18.3 Å². The molecule has 1 saturated heterocycles. The molecule has 40 heavy (non-hydrogen) atoms. The van der Waals surface area contributed by atoms with Gasteiger partial charge in [0.2, 0.25) is 0 Å². The van der Waals surface area contributed by atoms with E-state index in [1.165, 1.54) is 0 Å². The maximum absolute atomic E-state index is 12.6. The van der Waals surface area contributed by atoms with Crippen LogP contribution >= 0.6 is 0 Å². The molecule has 4 N–H and O–H groups in total. The highest BCUT2D eigenvalue weighted by Gasteiger charge is 2.37. The molecule has 0 spiro atoms. The first-order valence-electron chi connectivity index (χ1n) is 14.6. The lowest BCUT2D eigenvalue weighted by Gasteiger charge is -2.27. The lowest BCUT2D eigenvalue weighted by Crippen LogP contribution is -2.41. The average Bonchev–Trinajstić information content (AvgIpc) is 3.62. The van der Waals surface area contributed by atoms with Gasteiger partial charge in [-0.05, 0) is 70.1 Å². The highest BCUT2D eigenvalue weighted by atomic mass is 16.6. The van der Waals surface area contributed by atoms with Crippen LogP contribution in [0.2, 0.25) is 0 Å². The Bertz CT molecular complexity index is 951. The highest BCUT2D eigenvalue weighted by Crippen LogP contribution is 2.32. The van der Waals surface area contributed by atoms with Crippen LogP contribution in [0.15, 0.2) is 47.6 Å². The van der Waals surface area contributed by atoms with Gasteiger partial charge in [-0.15, -0.1) is 0 Å². The molecule has 9 atom stereocenters. The Kier molecular flexibility index (Phi) is 14.0. The maximum Gasteiger partial charge on any atom is 0.333 e. The molecular formula is C32H50O8. The molecule has 0 aromatic heterocycles. The second kappa shape index (κ2) is 16.4. The van der Waals surface area contributed by atoms with Crippen molar-refractivity contribution < 1.29 is 39.5 Å². The summed E-state index contributed by atoms with van der Waals surface area (Å²) in [6.07, 6.45) is 6.52. The van der Waals surface area contributed by atoms with E-state index in [9.17, 15) is 30.0 Å². The van der Waals surface area contributed by atoms with Gasteiger partial charge < -0.3 is 29.9 Å². The number of allylic oxidation sites excluding steroid dienone is 5. The van der Waals surface area contributed by atoms with Crippen LogP contribution in [0.3, 0.4) is 0 Å². The molecular weight excluding hydrogens is 512 g/mol. The van der Waals surface area contributed by atoms with E-state index in [1.807, 2.05) is 19.9 Å². The van der Waals surface area contributed by atoms with Crippen LogP contribution in [0, 0.1) is 17.8 Å². The van der Waals surface area contributed by atoms with Gasteiger partial charge in [0, 0.05) is 12.0 Å². The molecule has 8 heteroatoms. The number of carbonyl (C=O) groups is 2. The van der Waals surface area contributed by atoms with Gasteiger partial charge in [-0.2, -0.15) is 0 Å². The molecule has 2 aliphatic heterocycles. The summed E-state index contributed by atoms with van der Waals surface area (Å²) in [5.41, 5.74) is 2.47. The summed E-state index contributed by atoms with van der Waals surface area (Å²) in [6.45, 7) is 13.1. The topological polar surface area (TPSA) is 137 Å². The third kappa shape index (κ3) is 11.4. The summed E-state index contributed by atoms with van der Waals surface area (Å²) in [5, 5.41) is 41.3. The molecule has 226 valence electrons. The summed E-state index contributed by atoms with van der Waals surface area (Å²) in [5.74, 6) is -1.49. The number of aliphatic hydroxyl groups excluding tert-OH is 4. The first-order valence-corrected chi connectivity index (χ1v) is 14.6. The fraction of sp³-hybridized carbons (Fsp3) is 0.688. The van der Waals surface area contributed by atoms with Gasteiger partial charge in [0.05, 0.1) is 24.9 Å². The molecule has 0 saturated carbocycles. The summed E-state index contributed by atoms with van der Waals surface area (Å²) in [7, 11) is 0. The average molecular weight is 563 g/mol. The Balaban J connectivity index is 2.13. The van der Waals surface area contributed by atoms with Crippen LogP contribution in [0.25, 0.3) is 0 Å². The fourth-order valence-electron chi connectivity index (χ4n) is 5.17. The number of ketones is 1. The normalized spacial score (nSPS) is 40.1. The van der Waals surface area contributed by atoms with Gasteiger partial charge >= 0.3 is 5.97 Å². The van der Waals surface area contributed by atoms with Crippen LogP contribution in [0.4, 0.5) is 0 Å². The quantitative estimate of drug-likeness (QED) is 0.214. The number of rotatable bonds is 1. The molecule has 0 aromatic rings. The Morgan fingerprint density at radius 3 is 2.38 bits per heavy atom. The number of carbonyl (C=O) groups excluding carboxylic acids is 2. The highest BCUT2D eigenvalue weighted by molar-refractivity contribution is 5.87. The Morgan fingerprint density at radius 2 is 1.70 bits per heavy atom. The second-order valence-electron chi connectivity index (χ2n) is 11.9. The van der Waals surface area contributed by atoms with Crippen LogP contribution < -0.4 is 0 Å². The van der Waals surface area contributed by atoms with Crippen LogP contribution in [0.1, 0.15) is 79.6 Å². The number of fused-ring (bicyclic) bond motifs is 1. The minimum Gasteiger partial charge on any atom is -0.457 e. The van der Waals surface area contributed by atoms with Crippen molar-refractivity contribution >= 4 is 11.8 Å². The van der Waals surface area contributed by atoms with Crippen molar-refractivity contribution in [2.75, 3.05) is 6.61 Å². The van der Waals surface area contributed by atoms with Crippen molar-refractivity contribution in [2.24, 2.45) is 17.8 Å². The SMILES string of the molecule is C=C1/C=C(\C)[C@@H](C)C[C@H](O)CC(=O)[C@H](O)[C@@H](O)[C@H](C)C[C@H](CO)OC(=O)/C(C)=C/CC/C=C/C2OC2C[C@H](C)C1. The van der Waals surface area contributed by atoms with Crippen molar-refractivity contribution in [2.45, 2.75) is 116 Å². The minimum absolute atomic E-state index is 0.00630. The minimum atomic E-state index is -1.70. The Morgan fingerprint density at radius 1 is 1.00 bits per heavy atom. The number of aliphatic hydroxyl groups is 4. The van der Waals surface area contributed by atoms with Gasteiger partial charge in [0.15, 0.2) is 5.78 Å². The molecule has 8 nitrogen and oxygen atoms in total. The number of cyclic esters (lactones) is 1. The van der Waals surface area contributed by atoms with Gasteiger partial charge in [0.25, 0.3) is 0 Å². The van der Waals surface area contributed by atoms with Crippen LogP contribution in [-0.2, 0) is 19.1 Å². The summed E-state index contributed by atoms with van der Waals surface area (Å²) in [6, 6.07) is 0. The van der Waals surface area contributed by atoms with E-state index >= 15 is 0 Å². The van der Waals surface area contributed by atoms with Gasteiger partial charge in [-0.3, -0.25) is 4.79 Å². The zero-order chi connectivity index (χ0) is 30.0. The number of epoxide rings is 1. The van der Waals surface area contributed by atoms with E-state index in [-0.39, 0.29) is 31.0 Å². The molecule has 2 rings (SSSR count). The standard InChI is InChI=1S/C32H50O8/c1-19-12-20(2)14-29-28(40-29)11-9-7-8-10-21(3)32(38)39-26(18-33)16-24(6)30(36)31(37)27(35)17-25(34)15-23(5)22(4)13-19/h9-11,13,20,23-26,28-31,33-34,36-37H,1,7-8,12,14-18H2,2-6H3/b11-9+,21-10+,22-13+/t20-,23+,24-,25+,26-,28?,29?,30+,31+/m1/s1. The van der Waals surface area contributed by atoms with Crippen LogP contribution in [-0.4, -0.2) is 75.4 Å². The first-order chi connectivity index (χ1) is 18.8. The largest absolute Gasteiger partial charge is 0.457 e. The van der Waals surface area contributed by atoms with Crippen molar-refractivity contribution in [3.05, 3.63) is 47.6 Å². The Labute approximate surface area is 239 Å². The molecule has 0 radical (unpaired) electrons. The predicted octanol–water partition coefficient (Wildman–Crippen LogP) is 3.97. The van der Waals surface area contributed by atoms with E-state index in [2.05, 4.69) is 25.7 Å². The molecule has 2 aliphatic rings. The summed E-state index contributed by atoms with van der Waals surface area (Å²) >= 11 is 0. The van der Waals surface area contributed by atoms with Crippen molar-refractivity contribution in [3.63, 3.8) is 0 Å². The molecule has 2 heterocycles. The number of ether oxygens (including phenoxy) is 2. The van der Waals surface area contributed by atoms with E-state index in [1.54, 1.807) is 19.9 Å². The van der Waals surface area contributed by atoms with Crippen molar-refractivity contribution in [1.82, 2.24) is 0 Å². The third-order valence-corrected chi connectivity index (χ3v) is 7.92. The van der Waals surface area contributed by atoms with E-state index < -0.39 is 48.7 Å². The zero-order valence-electron chi connectivity index (χ0n) is 24.8. The molecule has 0 amide bonds. The molecule has 0 bridgehead atoms. The van der Waals surface area contributed by atoms with E-state index in [0.29, 0.717) is 24.3 Å². The first kappa shape index (κ1) is 34.1. The Hall–Kier alpha value is -2.10.